The Morgan fingerprint density at radius 1 is 1.24 bits per heavy atom. The number of nitrogens with one attached hydrogen (secondary N) is 1. The van der Waals surface area contributed by atoms with Crippen molar-refractivity contribution >= 4 is 11.8 Å². The zero-order valence-corrected chi connectivity index (χ0v) is 13.8. The first-order valence-corrected chi connectivity index (χ1v) is 9.19. The minimum absolute atomic E-state index is 0.530. The molecule has 114 valence electrons. The van der Waals surface area contributed by atoms with E-state index in [1.165, 1.54) is 32.1 Å². The summed E-state index contributed by atoms with van der Waals surface area (Å²) >= 11 is 2.07. The molecule has 2 rings (SSSR count). The van der Waals surface area contributed by atoms with Gasteiger partial charge in [-0.3, -0.25) is 5.32 Å². The van der Waals surface area contributed by atoms with Gasteiger partial charge in [-0.15, -0.1) is 0 Å². The smallest absolute Gasteiger partial charge is 0.133 e. The van der Waals surface area contributed by atoms with Crippen LogP contribution in [0, 0.1) is 11.3 Å². The van der Waals surface area contributed by atoms with Gasteiger partial charge in [-0.05, 0) is 37.1 Å². The van der Waals surface area contributed by atoms with E-state index < -0.39 is 5.54 Å². The zero-order chi connectivity index (χ0) is 15.0. The highest BCUT2D eigenvalue weighted by molar-refractivity contribution is 7.99. The molecule has 0 spiro atoms. The summed E-state index contributed by atoms with van der Waals surface area (Å²) in [5.74, 6) is 1.06. The molecule has 0 amide bonds. The first kappa shape index (κ1) is 16.4. The van der Waals surface area contributed by atoms with Crippen LogP contribution in [0.3, 0.4) is 0 Å². The van der Waals surface area contributed by atoms with Crippen LogP contribution in [0.5, 0.6) is 0 Å². The molecule has 1 atom stereocenters. The molecule has 0 bridgehead atoms. The van der Waals surface area contributed by atoms with Crippen molar-refractivity contribution in [3.8, 4) is 6.07 Å². The first-order valence-electron chi connectivity index (χ1n) is 8.14. The summed E-state index contributed by atoms with van der Waals surface area (Å²) in [6.45, 7) is 2.89. The first-order chi connectivity index (χ1) is 10.3. The molecule has 2 nitrogen and oxygen atoms in total. The number of thioether (sulfide) groups is 1. The molecule has 1 unspecified atom stereocenters. The summed E-state index contributed by atoms with van der Waals surface area (Å²) in [5, 5.41) is 14.0. The van der Waals surface area contributed by atoms with E-state index in [2.05, 4.69) is 42.2 Å². The second-order valence-electron chi connectivity index (χ2n) is 5.79. The van der Waals surface area contributed by atoms with E-state index >= 15 is 0 Å². The third-order valence-corrected chi connectivity index (χ3v) is 5.70. The number of hydrogen-bond acceptors (Lipinski definition) is 3. The van der Waals surface area contributed by atoms with Gasteiger partial charge in [0, 0.05) is 5.25 Å². The molecule has 0 aliphatic heterocycles. The largest absolute Gasteiger partial charge is 0.296 e. The molecule has 1 fully saturated rings. The Bertz CT molecular complexity index is 448. The minimum atomic E-state index is -0.530. The van der Waals surface area contributed by atoms with Crippen molar-refractivity contribution < 1.29 is 0 Å². The van der Waals surface area contributed by atoms with Crippen molar-refractivity contribution in [2.75, 3.05) is 12.3 Å². The summed E-state index contributed by atoms with van der Waals surface area (Å²) < 4.78 is 0. The molecule has 1 aliphatic rings. The van der Waals surface area contributed by atoms with Crippen molar-refractivity contribution in [2.45, 2.75) is 56.2 Å². The van der Waals surface area contributed by atoms with Gasteiger partial charge < -0.3 is 0 Å². The summed E-state index contributed by atoms with van der Waals surface area (Å²) in [6.07, 6.45) is 7.76. The van der Waals surface area contributed by atoms with Crippen molar-refractivity contribution in [3.63, 3.8) is 0 Å². The van der Waals surface area contributed by atoms with Gasteiger partial charge in [-0.1, -0.05) is 56.5 Å². The molecule has 21 heavy (non-hydrogen) atoms. The Balaban J connectivity index is 1.98. The predicted molar refractivity (Wildman–Crippen MR) is 91.4 cm³/mol. The molecule has 1 aromatic rings. The van der Waals surface area contributed by atoms with Gasteiger partial charge in [-0.25, -0.2) is 0 Å². The van der Waals surface area contributed by atoms with E-state index in [1.807, 2.05) is 18.2 Å². The van der Waals surface area contributed by atoms with Crippen LogP contribution < -0.4 is 5.32 Å². The van der Waals surface area contributed by atoms with E-state index in [0.717, 1.165) is 29.5 Å². The third-order valence-electron chi connectivity index (χ3n) is 4.32. The minimum Gasteiger partial charge on any atom is -0.296 e. The highest BCUT2D eigenvalue weighted by atomic mass is 32.2. The lowest BCUT2D eigenvalue weighted by Crippen LogP contribution is -2.41. The summed E-state index contributed by atoms with van der Waals surface area (Å²) in [6, 6.07) is 12.7. The van der Waals surface area contributed by atoms with Crippen LogP contribution in [-0.4, -0.2) is 17.5 Å². The molecular formula is C18H26N2S. The van der Waals surface area contributed by atoms with Crippen molar-refractivity contribution in [1.82, 2.24) is 5.32 Å². The molecule has 1 N–H and O–H groups in total. The number of nitriles is 1. The van der Waals surface area contributed by atoms with Crippen LogP contribution in [0.4, 0.5) is 0 Å². The van der Waals surface area contributed by atoms with Gasteiger partial charge >= 0.3 is 0 Å². The van der Waals surface area contributed by atoms with Crippen LogP contribution in [0.15, 0.2) is 30.3 Å². The molecule has 0 radical (unpaired) electrons. The van der Waals surface area contributed by atoms with Gasteiger partial charge in [0.05, 0.1) is 6.07 Å². The van der Waals surface area contributed by atoms with Crippen LogP contribution in [-0.2, 0) is 5.54 Å². The molecule has 1 aliphatic carbocycles. The maximum absolute atomic E-state index is 9.78. The number of nitrogens with zero attached hydrogens (tertiary/aromatic N) is 1. The van der Waals surface area contributed by atoms with E-state index in [-0.39, 0.29) is 0 Å². The van der Waals surface area contributed by atoms with E-state index in [0.29, 0.717) is 0 Å². The fraction of sp³-hybridized carbons (Fsp3) is 0.611. The molecule has 3 heteroatoms. The number of hydrogen-bond donors (Lipinski definition) is 1. The van der Waals surface area contributed by atoms with Crippen LogP contribution in [0.1, 0.15) is 51.0 Å². The van der Waals surface area contributed by atoms with Gasteiger partial charge in [0.2, 0.25) is 0 Å². The van der Waals surface area contributed by atoms with Gasteiger partial charge in [0.25, 0.3) is 0 Å². The standard InChI is InChI=1S/C18H26N2S/c1-2-20-18(15-19,16-9-5-3-6-10-16)13-14-21-17-11-7-4-8-12-17/h3,5-6,9-10,17,20H,2,4,7-8,11-14H2,1H3. The van der Waals surface area contributed by atoms with Crippen molar-refractivity contribution in [3.05, 3.63) is 35.9 Å². The maximum atomic E-state index is 9.78. The number of benzene rings is 1. The molecule has 1 saturated carbocycles. The molecule has 0 aromatic heterocycles. The van der Waals surface area contributed by atoms with Crippen LogP contribution >= 0.6 is 11.8 Å². The van der Waals surface area contributed by atoms with E-state index in [4.69, 9.17) is 0 Å². The van der Waals surface area contributed by atoms with Gasteiger partial charge in [-0.2, -0.15) is 17.0 Å². The lowest BCUT2D eigenvalue weighted by Gasteiger charge is -2.29. The maximum Gasteiger partial charge on any atom is 0.133 e. The lowest BCUT2D eigenvalue weighted by atomic mass is 9.88. The second kappa shape index (κ2) is 8.46. The summed E-state index contributed by atoms with van der Waals surface area (Å²) in [7, 11) is 0. The number of rotatable bonds is 7. The molecule has 0 saturated heterocycles. The lowest BCUT2D eigenvalue weighted by molar-refractivity contribution is 0.427. The average Bonchev–Trinajstić information content (AvgIpc) is 2.56. The fourth-order valence-corrected chi connectivity index (χ4v) is 4.55. The normalized spacial score (nSPS) is 18.9. The third kappa shape index (κ3) is 4.49. The predicted octanol–water partition coefficient (Wildman–Crippen LogP) is 4.47. The van der Waals surface area contributed by atoms with Crippen LogP contribution in [0.25, 0.3) is 0 Å². The highest BCUT2D eigenvalue weighted by Gasteiger charge is 2.31. The van der Waals surface area contributed by atoms with Gasteiger partial charge in [0.15, 0.2) is 0 Å². The Labute approximate surface area is 133 Å². The molecule has 1 aromatic carbocycles. The molecular weight excluding hydrogens is 276 g/mol. The fourth-order valence-electron chi connectivity index (χ4n) is 3.13. The van der Waals surface area contributed by atoms with E-state index in [1.54, 1.807) is 0 Å². The summed E-state index contributed by atoms with van der Waals surface area (Å²) in [4.78, 5) is 0. The van der Waals surface area contributed by atoms with E-state index in [9.17, 15) is 5.26 Å². The SMILES string of the molecule is CCNC(C#N)(CCSC1CCCCC1)c1ccccc1. The average molecular weight is 302 g/mol. The van der Waals surface area contributed by atoms with Crippen molar-refractivity contribution in [1.29, 1.82) is 5.26 Å². The monoisotopic (exact) mass is 302 g/mol. The Morgan fingerprint density at radius 2 is 1.95 bits per heavy atom. The zero-order valence-electron chi connectivity index (χ0n) is 13.0. The Hall–Kier alpha value is -0.980. The Kier molecular flexibility index (Phi) is 6.60. The quantitative estimate of drug-likeness (QED) is 0.807. The Morgan fingerprint density at radius 3 is 2.57 bits per heavy atom. The summed E-state index contributed by atoms with van der Waals surface area (Å²) in [5.41, 5.74) is 0.566. The van der Waals surface area contributed by atoms with Crippen LogP contribution in [0.2, 0.25) is 0 Å². The van der Waals surface area contributed by atoms with Crippen molar-refractivity contribution in [2.24, 2.45) is 0 Å². The van der Waals surface area contributed by atoms with Gasteiger partial charge in [0.1, 0.15) is 5.54 Å². The second-order valence-corrected chi connectivity index (χ2v) is 7.20. The molecule has 0 heterocycles. The topological polar surface area (TPSA) is 35.8 Å². The highest BCUT2D eigenvalue weighted by Crippen LogP contribution is 2.32.